The Kier molecular flexibility index (Phi) is 5.84. The standard InChI is InChI=1S/C13H19NO/c1-3-9-14(2)10-4-5-11-15-12-8-13-6-7-13/h3,8H,1,6-7,9-12H2,2H3. The average molecular weight is 205 g/mol. The van der Waals surface area contributed by atoms with Crippen molar-refractivity contribution in [1.82, 2.24) is 4.90 Å². The molecule has 0 radical (unpaired) electrons. The molecule has 0 heterocycles. The van der Waals surface area contributed by atoms with E-state index in [1.807, 2.05) is 13.1 Å². The Balaban J connectivity index is 1.95. The Hall–Kier alpha value is -1.04. The van der Waals surface area contributed by atoms with Crippen molar-refractivity contribution in [1.29, 1.82) is 0 Å². The second-order valence-corrected chi connectivity index (χ2v) is 3.72. The van der Waals surface area contributed by atoms with Gasteiger partial charge in [-0.3, -0.25) is 4.90 Å². The highest BCUT2D eigenvalue weighted by Crippen LogP contribution is 2.26. The average Bonchev–Trinajstić information content (AvgIpc) is 3.00. The maximum absolute atomic E-state index is 5.34. The molecule has 15 heavy (non-hydrogen) atoms. The van der Waals surface area contributed by atoms with Crippen LogP contribution in [-0.2, 0) is 4.74 Å². The van der Waals surface area contributed by atoms with Crippen molar-refractivity contribution in [2.24, 2.45) is 0 Å². The molecule has 1 aliphatic carbocycles. The highest BCUT2D eigenvalue weighted by molar-refractivity contribution is 5.16. The molecule has 1 saturated carbocycles. The molecule has 2 heteroatoms. The Morgan fingerprint density at radius 3 is 2.93 bits per heavy atom. The van der Waals surface area contributed by atoms with Gasteiger partial charge in [-0.2, -0.15) is 0 Å². The zero-order valence-electron chi connectivity index (χ0n) is 9.46. The van der Waals surface area contributed by atoms with Gasteiger partial charge in [0.25, 0.3) is 0 Å². The van der Waals surface area contributed by atoms with Crippen LogP contribution in [0.4, 0.5) is 0 Å². The van der Waals surface area contributed by atoms with Gasteiger partial charge in [0.1, 0.15) is 6.61 Å². The number of ether oxygens (including phenoxy) is 1. The van der Waals surface area contributed by atoms with Crippen molar-refractivity contribution < 1.29 is 4.74 Å². The van der Waals surface area contributed by atoms with E-state index in [-0.39, 0.29) is 0 Å². The van der Waals surface area contributed by atoms with Gasteiger partial charge >= 0.3 is 0 Å². The number of rotatable bonds is 6. The van der Waals surface area contributed by atoms with Crippen LogP contribution >= 0.6 is 0 Å². The molecular formula is C13H19NO. The van der Waals surface area contributed by atoms with E-state index >= 15 is 0 Å². The monoisotopic (exact) mass is 205 g/mol. The molecule has 0 aromatic carbocycles. The van der Waals surface area contributed by atoms with E-state index < -0.39 is 0 Å². The summed E-state index contributed by atoms with van der Waals surface area (Å²) in [6.45, 7) is 6.57. The van der Waals surface area contributed by atoms with Gasteiger partial charge in [-0.05, 0) is 19.9 Å². The maximum Gasteiger partial charge on any atom is 0.108 e. The summed E-state index contributed by atoms with van der Waals surface area (Å²) in [7, 11) is 2.02. The zero-order chi connectivity index (χ0) is 10.9. The van der Waals surface area contributed by atoms with E-state index in [9.17, 15) is 0 Å². The molecule has 0 spiro atoms. The van der Waals surface area contributed by atoms with Crippen molar-refractivity contribution in [3.05, 3.63) is 24.3 Å². The number of hydrogen-bond acceptors (Lipinski definition) is 2. The third kappa shape index (κ3) is 6.96. The van der Waals surface area contributed by atoms with Gasteiger partial charge in [0.15, 0.2) is 0 Å². The van der Waals surface area contributed by atoms with Crippen LogP contribution in [0, 0.1) is 11.8 Å². The molecule has 0 bridgehead atoms. The van der Waals surface area contributed by atoms with Crippen molar-refractivity contribution in [3.8, 4) is 11.8 Å². The lowest BCUT2D eigenvalue weighted by atomic mass is 10.5. The fraction of sp³-hybridized carbons (Fsp3) is 0.538. The Morgan fingerprint density at radius 2 is 2.27 bits per heavy atom. The first-order chi connectivity index (χ1) is 7.33. The third-order valence-corrected chi connectivity index (χ3v) is 2.12. The molecule has 0 N–H and O–H groups in total. The molecule has 0 unspecified atom stereocenters. The lowest BCUT2D eigenvalue weighted by Crippen LogP contribution is -2.18. The SMILES string of the molecule is C=CCN(C)CC#CCOCC=C1CC1. The second kappa shape index (κ2) is 7.28. The van der Waals surface area contributed by atoms with Gasteiger partial charge < -0.3 is 4.74 Å². The lowest BCUT2D eigenvalue weighted by molar-refractivity contribution is 0.199. The fourth-order valence-corrected chi connectivity index (χ4v) is 1.09. The van der Waals surface area contributed by atoms with Crippen LogP contribution in [0.15, 0.2) is 24.3 Å². The minimum atomic E-state index is 0.533. The molecule has 1 rings (SSSR count). The quantitative estimate of drug-likeness (QED) is 0.373. The van der Waals surface area contributed by atoms with Gasteiger partial charge in [-0.25, -0.2) is 0 Å². The molecule has 0 atom stereocenters. The summed E-state index contributed by atoms with van der Waals surface area (Å²) in [5, 5.41) is 0. The minimum Gasteiger partial charge on any atom is -0.365 e. The third-order valence-electron chi connectivity index (χ3n) is 2.12. The first-order valence-corrected chi connectivity index (χ1v) is 5.33. The number of likely N-dealkylation sites (N-methyl/N-ethyl adjacent to an activating group) is 1. The molecule has 0 aliphatic heterocycles. The molecule has 0 saturated heterocycles. The molecule has 2 nitrogen and oxygen atoms in total. The molecular weight excluding hydrogens is 186 g/mol. The van der Waals surface area contributed by atoms with Crippen LogP contribution in [0.1, 0.15) is 12.8 Å². The highest BCUT2D eigenvalue weighted by atomic mass is 16.5. The Morgan fingerprint density at radius 1 is 1.47 bits per heavy atom. The smallest absolute Gasteiger partial charge is 0.108 e. The van der Waals surface area contributed by atoms with E-state index in [4.69, 9.17) is 4.74 Å². The van der Waals surface area contributed by atoms with Crippen LogP contribution in [0.25, 0.3) is 0 Å². The summed E-state index contributed by atoms with van der Waals surface area (Å²) in [6.07, 6.45) is 6.56. The number of allylic oxidation sites excluding steroid dienone is 1. The lowest BCUT2D eigenvalue weighted by Gasteiger charge is -2.08. The summed E-state index contributed by atoms with van der Waals surface area (Å²) >= 11 is 0. The molecule has 1 aliphatic rings. The van der Waals surface area contributed by atoms with E-state index in [2.05, 4.69) is 29.4 Å². The van der Waals surface area contributed by atoms with Crippen LogP contribution in [0.3, 0.4) is 0 Å². The largest absolute Gasteiger partial charge is 0.365 e. The molecule has 1 fully saturated rings. The predicted molar refractivity (Wildman–Crippen MR) is 63.6 cm³/mol. The first-order valence-electron chi connectivity index (χ1n) is 5.33. The van der Waals surface area contributed by atoms with E-state index in [1.165, 1.54) is 18.4 Å². The summed E-state index contributed by atoms with van der Waals surface area (Å²) in [4.78, 5) is 2.10. The maximum atomic E-state index is 5.34. The summed E-state index contributed by atoms with van der Waals surface area (Å²) in [6, 6.07) is 0. The predicted octanol–water partition coefficient (Wildman–Crippen LogP) is 1.84. The van der Waals surface area contributed by atoms with Gasteiger partial charge in [-0.1, -0.05) is 29.6 Å². The number of hydrogen-bond donors (Lipinski definition) is 0. The molecule has 0 aromatic rings. The minimum absolute atomic E-state index is 0.533. The fourth-order valence-electron chi connectivity index (χ4n) is 1.09. The molecule has 82 valence electrons. The van der Waals surface area contributed by atoms with Crippen molar-refractivity contribution >= 4 is 0 Å². The van der Waals surface area contributed by atoms with Crippen LogP contribution in [0.5, 0.6) is 0 Å². The van der Waals surface area contributed by atoms with E-state index in [1.54, 1.807) is 0 Å². The van der Waals surface area contributed by atoms with E-state index in [0.29, 0.717) is 13.2 Å². The van der Waals surface area contributed by atoms with E-state index in [0.717, 1.165) is 13.1 Å². The number of nitrogens with zero attached hydrogens (tertiary/aromatic N) is 1. The van der Waals surface area contributed by atoms with Gasteiger partial charge in [-0.15, -0.1) is 6.58 Å². The van der Waals surface area contributed by atoms with Crippen molar-refractivity contribution in [2.75, 3.05) is 33.4 Å². The van der Waals surface area contributed by atoms with Gasteiger partial charge in [0.2, 0.25) is 0 Å². The highest BCUT2D eigenvalue weighted by Gasteiger charge is 2.08. The molecule has 0 amide bonds. The van der Waals surface area contributed by atoms with Crippen LogP contribution in [-0.4, -0.2) is 38.3 Å². The topological polar surface area (TPSA) is 12.5 Å². The molecule has 0 aromatic heterocycles. The summed E-state index contributed by atoms with van der Waals surface area (Å²) < 4.78 is 5.34. The van der Waals surface area contributed by atoms with Crippen molar-refractivity contribution in [3.63, 3.8) is 0 Å². The van der Waals surface area contributed by atoms with Crippen LogP contribution in [0.2, 0.25) is 0 Å². The van der Waals surface area contributed by atoms with Gasteiger partial charge in [0.05, 0.1) is 13.2 Å². The Bertz CT molecular complexity index is 277. The van der Waals surface area contributed by atoms with Crippen molar-refractivity contribution in [2.45, 2.75) is 12.8 Å². The normalized spacial score (nSPS) is 13.3. The van der Waals surface area contributed by atoms with Crippen LogP contribution < -0.4 is 0 Å². The second-order valence-electron chi connectivity index (χ2n) is 3.72. The Labute approximate surface area is 92.6 Å². The first kappa shape index (κ1) is 12.0. The summed E-state index contributed by atoms with van der Waals surface area (Å²) in [5.74, 6) is 6.05. The zero-order valence-corrected chi connectivity index (χ0v) is 9.46. The summed E-state index contributed by atoms with van der Waals surface area (Å²) in [5.41, 5.74) is 1.52. The van der Waals surface area contributed by atoms with Gasteiger partial charge in [0, 0.05) is 6.54 Å².